The Morgan fingerprint density at radius 1 is 0.867 bits per heavy atom. The van der Waals surface area contributed by atoms with E-state index in [1.165, 1.54) is 27.3 Å². The van der Waals surface area contributed by atoms with Crippen LogP contribution in [0.15, 0.2) is 102 Å². The largest absolute Gasteiger partial charge is 1.00 e. The van der Waals surface area contributed by atoms with Crippen LogP contribution in [0.4, 0.5) is 5.69 Å². The zero-order chi connectivity index (χ0) is 19.6. The van der Waals surface area contributed by atoms with E-state index in [1.54, 1.807) is 0 Å². The molecule has 1 saturated heterocycles. The molecule has 0 aromatic heterocycles. The predicted molar refractivity (Wildman–Crippen MR) is 120 cm³/mol. The molecule has 3 unspecified atom stereocenters. The molecule has 3 aromatic carbocycles. The molecule has 3 atom stereocenters. The highest BCUT2D eigenvalue weighted by Crippen LogP contribution is 2.41. The van der Waals surface area contributed by atoms with Crippen LogP contribution in [-0.2, 0) is 0 Å². The van der Waals surface area contributed by atoms with Crippen molar-refractivity contribution in [2.24, 2.45) is 11.0 Å². The van der Waals surface area contributed by atoms with E-state index < -0.39 is 0 Å². The fourth-order valence-electron chi connectivity index (χ4n) is 4.64. The zero-order valence-electron chi connectivity index (χ0n) is 17.1. The van der Waals surface area contributed by atoms with Crippen molar-refractivity contribution in [1.82, 2.24) is 0 Å². The van der Waals surface area contributed by atoms with E-state index in [2.05, 4.69) is 109 Å². The number of nitrogens with one attached hydrogen (secondary N) is 1. The minimum absolute atomic E-state index is 0. The number of anilines is 1. The summed E-state index contributed by atoms with van der Waals surface area (Å²) in [5, 5.41) is 7.46. The first-order valence-corrected chi connectivity index (χ1v) is 10.3. The van der Waals surface area contributed by atoms with Gasteiger partial charge in [-0.2, -0.15) is 5.10 Å². The van der Waals surface area contributed by atoms with Gasteiger partial charge in [0.05, 0.1) is 37.0 Å². The Bertz CT molecular complexity index is 1030. The summed E-state index contributed by atoms with van der Waals surface area (Å²) >= 11 is 0. The van der Waals surface area contributed by atoms with Gasteiger partial charge in [0.2, 0.25) is 0 Å². The van der Waals surface area contributed by atoms with Crippen LogP contribution in [0.1, 0.15) is 17.2 Å². The first-order chi connectivity index (χ1) is 14.3. The molecule has 0 bridgehead atoms. The minimum Gasteiger partial charge on any atom is -1.00 e. The third-order valence-electron chi connectivity index (χ3n) is 5.90. The van der Waals surface area contributed by atoms with Crippen LogP contribution in [0, 0.1) is 5.92 Å². The number of halogens is 1. The molecular formula is C26H26ClN3. The highest BCUT2D eigenvalue weighted by molar-refractivity contribution is 6.08. The van der Waals surface area contributed by atoms with Gasteiger partial charge in [0.15, 0.2) is 0 Å². The topological polar surface area (TPSA) is 20.0 Å². The van der Waals surface area contributed by atoms with Gasteiger partial charge in [-0.1, -0.05) is 78.9 Å². The third kappa shape index (κ3) is 3.91. The number of quaternary nitrogens is 1. The fourth-order valence-corrected chi connectivity index (χ4v) is 4.64. The molecule has 1 fully saturated rings. The molecule has 30 heavy (non-hydrogen) atoms. The first kappa shape index (κ1) is 20.4. The molecule has 5 rings (SSSR count). The molecule has 3 nitrogen and oxygen atoms in total. The summed E-state index contributed by atoms with van der Waals surface area (Å²) in [7, 11) is 2.29. The normalized spacial score (nSPS) is 24.2. The Morgan fingerprint density at radius 2 is 1.47 bits per heavy atom. The lowest BCUT2D eigenvalue weighted by atomic mass is 9.83. The molecule has 152 valence electrons. The molecule has 2 aliphatic heterocycles. The van der Waals surface area contributed by atoms with E-state index in [4.69, 9.17) is 5.10 Å². The Balaban J connectivity index is 0.00000218. The van der Waals surface area contributed by atoms with E-state index in [9.17, 15) is 0 Å². The number of para-hydroxylation sites is 1. The highest BCUT2D eigenvalue weighted by atomic mass is 35.5. The average molecular weight is 416 g/mol. The maximum absolute atomic E-state index is 5.22. The molecule has 0 spiro atoms. The van der Waals surface area contributed by atoms with Crippen molar-refractivity contribution in [3.8, 4) is 0 Å². The number of piperidine rings is 1. The number of likely N-dealkylation sites (tertiary alicyclic amines) is 1. The van der Waals surface area contributed by atoms with Crippen molar-refractivity contribution in [3.05, 3.63) is 108 Å². The monoisotopic (exact) mass is 415 g/mol. The number of fused-ring (bicyclic) bond motifs is 1. The summed E-state index contributed by atoms with van der Waals surface area (Å²) in [6.45, 7) is 2.10. The van der Waals surface area contributed by atoms with Gasteiger partial charge in [-0.3, -0.25) is 5.01 Å². The van der Waals surface area contributed by atoms with Crippen molar-refractivity contribution in [2.75, 3.05) is 25.1 Å². The predicted octanol–water partition coefficient (Wildman–Crippen LogP) is 0.836. The molecule has 0 radical (unpaired) electrons. The molecule has 0 amide bonds. The second-order valence-corrected chi connectivity index (χ2v) is 8.05. The van der Waals surface area contributed by atoms with Crippen LogP contribution in [0.3, 0.4) is 0 Å². The van der Waals surface area contributed by atoms with Crippen LogP contribution < -0.4 is 22.3 Å². The maximum Gasteiger partial charge on any atom is 0.104 e. The van der Waals surface area contributed by atoms with E-state index in [0.29, 0.717) is 5.92 Å². The average Bonchev–Trinajstić information content (AvgIpc) is 3.15. The number of hydrogen-bond donors (Lipinski definition) is 1. The molecular weight excluding hydrogens is 390 g/mol. The van der Waals surface area contributed by atoms with Gasteiger partial charge in [0.1, 0.15) is 6.54 Å². The second-order valence-electron chi connectivity index (χ2n) is 8.05. The lowest BCUT2D eigenvalue weighted by Crippen LogP contribution is -3.11. The van der Waals surface area contributed by atoms with Crippen molar-refractivity contribution >= 4 is 17.5 Å². The number of benzene rings is 3. The third-order valence-corrected chi connectivity index (χ3v) is 5.90. The number of likely N-dealkylation sites (N-methyl/N-ethyl adjacent to an activating group) is 1. The minimum atomic E-state index is 0. The molecule has 2 aliphatic rings. The van der Waals surface area contributed by atoms with Gasteiger partial charge >= 0.3 is 0 Å². The van der Waals surface area contributed by atoms with Gasteiger partial charge < -0.3 is 17.3 Å². The van der Waals surface area contributed by atoms with Crippen LogP contribution in [0.5, 0.6) is 0 Å². The van der Waals surface area contributed by atoms with Gasteiger partial charge in [-0.05, 0) is 29.3 Å². The zero-order valence-corrected chi connectivity index (χ0v) is 17.8. The van der Waals surface area contributed by atoms with E-state index in [-0.39, 0.29) is 18.4 Å². The molecule has 0 saturated carbocycles. The van der Waals surface area contributed by atoms with E-state index in [1.807, 2.05) is 0 Å². The van der Waals surface area contributed by atoms with Crippen molar-refractivity contribution in [2.45, 2.75) is 6.04 Å². The van der Waals surface area contributed by atoms with Crippen LogP contribution in [0.25, 0.3) is 6.08 Å². The molecule has 0 aliphatic carbocycles. The number of nitrogens with zero attached hydrogens (tertiary/aromatic N) is 2. The van der Waals surface area contributed by atoms with E-state index >= 15 is 0 Å². The Kier molecular flexibility index (Phi) is 6.03. The quantitative estimate of drug-likeness (QED) is 0.672. The van der Waals surface area contributed by atoms with Gasteiger partial charge in [0, 0.05) is 5.57 Å². The summed E-state index contributed by atoms with van der Waals surface area (Å²) < 4.78 is 0. The lowest BCUT2D eigenvalue weighted by Gasteiger charge is -2.32. The van der Waals surface area contributed by atoms with Crippen LogP contribution >= 0.6 is 0 Å². The summed E-state index contributed by atoms with van der Waals surface area (Å²) in [6.07, 6.45) is 2.32. The van der Waals surface area contributed by atoms with Gasteiger partial charge in [-0.25, -0.2) is 0 Å². The van der Waals surface area contributed by atoms with Crippen molar-refractivity contribution < 1.29 is 17.3 Å². The Labute approximate surface area is 184 Å². The summed E-state index contributed by atoms with van der Waals surface area (Å²) in [5.74, 6) is 0.376. The second kappa shape index (κ2) is 8.86. The molecule has 4 heteroatoms. The van der Waals surface area contributed by atoms with Crippen molar-refractivity contribution in [1.29, 1.82) is 0 Å². The fraction of sp³-hybridized carbons (Fsp3) is 0.192. The first-order valence-electron chi connectivity index (χ1n) is 10.3. The van der Waals surface area contributed by atoms with Crippen LogP contribution in [0.2, 0.25) is 0 Å². The highest BCUT2D eigenvalue weighted by Gasteiger charge is 2.45. The SMILES string of the molecule is C[NH+]1C/C(=C/c2ccccc2)C2=NN(c3ccccc3)C(c3ccccc3)C2C1.[Cl-]. The van der Waals surface area contributed by atoms with Gasteiger partial charge in [-0.15, -0.1) is 0 Å². The molecule has 3 aromatic rings. The van der Waals surface area contributed by atoms with E-state index in [0.717, 1.165) is 18.8 Å². The molecule has 1 N–H and O–H groups in total. The molecule has 2 heterocycles. The van der Waals surface area contributed by atoms with Crippen molar-refractivity contribution in [3.63, 3.8) is 0 Å². The lowest BCUT2D eigenvalue weighted by molar-refractivity contribution is -0.878. The summed E-state index contributed by atoms with van der Waals surface area (Å²) in [4.78, 5) is 1.53. The smallest absolute Gasteiger partial charge is 0.104 e. The maximum atomic E-state index is 5.22. The van der Waals surface area contributed by atoms with Gasteiger partial charge in [0.25, 0.3) is 0 Å². The number of hydrazone groups is 1. The summed E-state index contributed by atoms with van der Waals surface area (Å²) in [6, 6.07) is 32.3. The number of rotatable bonds is 3. The Morgan fingerprint density at radius 3 is 2.13 bits per heavy atom. The standard InChI is InChI=1S/C26H25N3.ClH/c1-28-18-22(17-20-11-5-2-6-12-20)25-24(19-28)26(21-13-7-3-8-14-21)29(27-25)23-15-9-4-10-16-23;/h2-17,24,26H,18-19H2,1H3;1H/b22-17-;. The Hall–Kier alpha value is -2.88. The van der Waals surface area contributed by atoms with Crippen LogP contribution in [-0.4, -0.2) is 25.8 Å². The number of hydrogen-bond acceptors (Lipinski definition) is 2. The summed E-state index contributed by atoms with van der Waals surface area (Å²) in [5.41, 5.74) is 6.32.